The summed E-state index contributed by atoms with van der Waals surface area (Å²) >= 11 is 0. The zero-order valence-corrected chi connectivity index (χ0v) is 21.1. The maximum Gasteiger partial charge on any atom is 0.256 e. The molecule has 2 saturated heterocycles. The monoisotopic (exact) mass is 494 g/mol. The highest BCUT2D eigenvalue weighted by molar-refractivity contribution is 5.96. The number of carbonyl (C=O) groups is 1. The number of hydrogen-bond acceptors (Lipinski definition) is 8. The smallest absolute Gasteiger partial charge is 0.256 e. The highest BCUT2D eigenvalue weighted by Crippen LogP contribution is 2.31. The third-order valence-electron chi connectivity index (χ3n) is 6.69. The van der Waals surface area contributed by atoms with E-state index in [9.17, 15) is 9.18 Å². The first-order valence-corrected chi connectivity index (χ1v) is 12.2. The highest BCUT2D eigenvalue weighted by Gasteiger charge is 2.27. The molecule has 2 atom stereocenters. The van der Waals surface area contributed by atoms with Crippen molar-refractivity contribution in [3.05, 3.63) is 41.7 Å². The minimum absolute atomic E-state index is 0.00717. The summed E-state index contributed by atoms with van der Waals surface area (Å²) in [6.45, 7) is 8.10. The van der Waals surface area contributed by atoms with Gasteiger partial charge in [0.05, 0.1) is 55.2 Å². The largest absolute Gasteiger partial charge is 0.377 e. The van der Waals surface area contributed by atoms with E-state index in [0.29, 0.717) is 55.8 Å². The number of hydrogen-bond donors (Lipinski definition) is 0. The molecule has 2 fully saturated rings. The molecule has 0 unspecified atom stereocenters. The van der Waals surface area contributed by atoms with Crippen molar-refractivity contribution in [3.8, 4) is 11.3 Å². The van der Waals surface area contributed by atoms with E-state index in [1.165, 1.54) is 11.0 Å². The van der Waals surface area contributed by atoms with Crippen LogP contribution in [-0.2, 0) is 9.47 Å². The van der Waals surface area contributed by atoms with Gasteiger partial charge in [-0.2, -0.15) is 9.97 Å². The molecule has 0 saturated carbocycles. The van der Waals surface area contributed by atoms with Crippen LogP contribution in [-0.4, -0.2) is 91.5 Å². The Bertz CT molecular complexity index is 1290. The van der Waals surface area contributed by atoms with Gasteiger partial charge in [0.15, 0.2) is 5.65 Å². The van der Waals surface area contributed by atoms with Gasteiger partial charge in [-0.15, -0.1) is 0 Å². The van der Waals surface area contributed by atoms with Crippen molar-refractivity contribution in [2.24, 2.45) is 0 Å². The first-order valence-electron chi connectivity index (χ1n) is 12.2. The molecule has 5 rings (SSSR count). The van der Waals surface area contributed by atoms with Gasteiger partial charge in [-0.25, -0.2) is 9.37 Å². The second-order valence-corrected chi connectivity index (χ2v) is 9.54. The molecule has 0 aliphatic carbocycles. The first-order chi connectivity index (χ1) is 17.3. The molecule has 10 heteroatoms. The Hall–Kier alpha value is -3.37. The standard InChI is InChI=1S/C26H31FN6O3/c1-16-14-35-11-9-32(16)24-19-6-8-22(18-5-7-21(27)20(13-18)25(34)31(3)4)28-23(19)29-26(30-24)33-10-12-36-15-17(33)2/h5-8,13,16-17H,9-12,14-15H2,1-4H3/t16-,17-/m0/s1. The summed E-state index contributed by atoms with van der Waals surface area (Å²) in [5.41, 5.74) is 1.81. The Morgan fingerprint density at radius 2 is 1.67 bits per heavy atom. The molecule has 0 N–H and O–H groups in total. The normalized spacial score (nSPS) is 20.6. The fraction of sp³-hybridized carbons (Fsp3) is 0.462. The minimum atomic E-state index is -0.562. The molecule has 0 spiro atoms. The number of aromatic nitrogens is 3. The van der Waals surface area contributed by atoms with E-state index in [1.54, 1.807) is 26.2 Å². The summed E-state index contributed by atoms with van der Waals surface area (Å²) in [6.07, 6.45) is 0. The van der Waals surface area contributed by atoms with Gasteiger partial charge in [-0.05, 0) is 44.2 Å². The van der Waals surface area contributed by atoms with Crippen molar-refractivity contribution in [2.45, 2.75) is 25.9 Å². The maximum absolute atomic E-state index is 14.4. The number of anilines is 2. The van der Waals surface area contributed by atoms with Crippen LogP contribution in [0.3, 0.4) is 0 Å². The highest BCUT2D eigenvalue weighted by atomic mass is 19.1. The molecule has 9 nitrogen and oxygen atoms in total. The lowest BCUT2D eigenvalue weighted by molar-refractivity contribution is 0.0823. The Kier molecular flexibility index (Phi) is 6.72. The number of fused-ring (bicyclic) bond motifs is 1. The number of benzene rings is 1. The first kappa shape index (κ1) is 24.3. The molecule has 2 aliphatic rings. The van der Waals surface area contributed by atoms with E-state index >= 15 is 0 Å². The predicted molar refractivity (Wildman–Crippen MR) is 136 cm³/mol. The van der Waals surface area contributed by atoms with E-state index in [-0.39, 0.29) is 17.6 Å². The molecular formula is C26H31FN6O3. The second-order valence-electron chi connectivity index (χ2n) is 9.54. The van der Waals surface area contributed by atoms with Crippen molar-refractivity contribution in [1.82, 2.24) is 19.9 Å². The topological polar surface area (TPSA) is 83.9 Å². The third-order valence-corrected chi connectivity index (χ3v) is 6.69. The van der Waals surface area contributed by atoms with Gasteiger partial charge in [-0.3, -0.25) is 4.79 Å². The number of morpholine rings is 2. The van der Waals surface area contributed by atoms with Gasteiger partial charge < -0.3 is 24.2 Å². The summed E-state index contributed by atoms with van der Waals surface area (Å²) in [5, 5.41) is 0.837. The summed E-state index contributed by atoms with van der Waals surface area (Å²) in [6, 6.07) is 8.59. The van der Waals surface area contributed by atoms with Gasteiger partial charge in [0, 0.05) is 32.7 Å². The van der Waals surface area contributed by atoms with Crippen molar-refractivity contribution < 1.29 is 18.7 Å². The number of rotatable bonds is 4. The Balaban J connectivity index is 1.64. The van der Waals surface area contributed by atoms with Crippen molar-refractivity contribution in [3.63, 3.8) is 0 Å². The van der Waals surface area contributed by atoms with Crippen LogP contribution >= 0.6 is 0 Å². The molecule has 3 aromatic rings. The van der Waals surface area contributed by atoms with Gasteiger partial charge in [-0.1, -0.05) is 0 Å². The van der Waals surface area contributed by atoms with Crippen molar-refractivity contribution in [2.75, 3.05) is 63.4 Å². The van der Waals surface area contributed by atoms with Crippen LogP contribution in [0.4, 0.5) is 16.2 Å². The fourth-order valence-electron chi connectivity index (χ4n) is 4.65. The molecule has 0 bridgehead atoms. The molecular weight excluding hydrogens is 463 g/mol. The zero-order valence-electron chi connectivity index (χ0n) is 21.1. The van der Waals surface area contributed by atoms with E-state index in [1.807, 2.05) is 12.1 Å². The predicted octanol–water partition coefficient (Wildman–Crippen LogP) is 2.98. The van der Waals surface area contributed by atoms with E-state index in [0.717, 1.165) is 17.7 Å². The van der Waals surface area contributed by atoms with Crippen LogP contribution in [0, 0.1) is 5.82 Å². The molecule has 2 aliphatic heterocycles. The number of nitrogens with zero attached hydrogens (tertiary/aromatic N) is 6. The average molecular weight is 495 g/mol. The Morgan fingerprint density at radius 1 is 0.972 bits per heavy atom. The summed E-state index contributed by atoms with van der Waals surface area (Å²) in [4.78, 5) is 33.0. The summed E-state index contributed by atoms with van der Waals surface area (Å²) in [7, 11) is 3.20. The van der Waals surface area contributed by atoms with Crippen LogP contribution < -0.4 is 9.80 Å². The SMILES string of the molecule is C[C@H]1COCCN1c1nc(N2CCOC[C@@H]2C)c2ccc(-c3ccc(F)c(C(=O)N(C)C)c3)nc2n1. The van der Waals surface area contributed by atoms with Gasteiger partial charge >= 0.3 is 0 Å². The molecule has 0 radical (unpaired) electrons. The zero-order chi connectivity index (χ0) is 25.4. The second kappa shape index (κ2) is 9.94. The number of amides is 1. The van der Waals surface area contributed by atoms with Crippen molar-refractivity contribution >= 4 is 28.7 Å². The number of halogens is 1. The fourth-order valence-corrected chi connectivity index (χ4v) is 4.65. The van der Waals surface area contributed by atoms with Crippen LogP contribution in [0.1, 0.15) is 24.2 Å². The van der Waals surface area contributed by atoms with Gasteiger partial charge in [0.1, 0.15) is 11.6 Å². The van der Waals surface area contributed by atoms with Crippen LogP contribution in [0.5, 0.6) is 0 Å². The molecule has 1 amide bonds. The van der Waals surface area contributed by atoms with Crippen LogP contribution in [0.25, 0.3) is 22.3 Å². The molecule has 4 heterocycles. The lowest BCUT2D eigenvalue weighted by atomic mass is 10.1. The molecule has 2 aromatic heterocycles. The number of ether oxygens (including phenoxy) is 2. The van der Waals surface area contributed by atoms with E-state index in [4.69, 9.17) is 24.4 Å². The maximum atomic E-state index is 14.4. The number of carbonyl (C=O) groups excluding carboxylic acids is 1. The lowest BCUT2D eigenvalue weighted by Gasteiger charge is -2.37. The van der Waals surface area contributed by atoms with Crippen LogP contribution in [0.2, 0.25) is 0 Å². The quantitative estimate of drug-likeness (QED) is 0.548. The van der Waals surface area contributed by atoms with E-state index in [2.05, 4.69) is 23.6 Å². The molecule has 190 valence electrons. The van der Waals surface area contributed by atoms with E-state index < -0.39 is 11.7 Å². The lowest BCUT2D eigenvalue weighted by Crippen LogP contribution is -2.46. The van der Waals surface area contributed by atoms with Gasteiger partial charge in [0.25, 0.3) is 5.91 Å². The minimum Gasteiger partial charge on any atom is -0.377 e. The molecule has 36 heavy (non-hydrogen) atoms. The molecule has 1 aromatic carbocycles. The Morgan fingerprint density at radius 3 is 2.33 bits per heavy atom. The van der Waals surface area contributed by atoms with Crippen molar-refractivity contribution in [1.29, 1.82) is 0 Å². The Labute approximate surface area is 209 Å². The third kappa shape index (κ3) is 4.58. The average Bonchev–Trinajstić information content (AvgIpc) is 2.88. The van der Waals surface area contributed by atoms with Gasteiger partial charge in [0.2, 0.25) is 5.95 Å². The summed E-state index contributed by atoms with van der Waals surface area (Å²) < 4.78 is 25.7. The summed E-state index contributed by atoms with van der Waals surface area (Å²) in [5.74, 6) is 0.475. The number of pyridine rings is 1. The van der Waals surface area contributed by atoms with Crippen LogP contribution in [0.15, 0.2) is 30.3 Å².